The van der Waals surface area contributed by atoms with Gasteiger partial charge in [0.15, 0.2) is 0 Å². The van der Waals surface area contributed by atoms with E-state index in [0.29, 0.717) is 11.6 Å². The molecular weight excluding hydrogens is 332 g/mol. The molecule has 5 aromatic rings. The van der Waals surface area contributed by atoms with Gasteiger partial charge >= 0.3 is 0 Å². The molecule has 3 heterocycles. The molecule has 25 heavy (non-hydrogen) atoms. The predicted octanol–water partition coefficient (Wildman–Crippen LogP) is 5.10. The number of hydrogen-bond donors (Lipinski definition) is 2. The van der Waals surface area contributed by atoms with E-state index in [9.17, 15) is 0 Å². The topological polar surface area (TPSA) is 70.5 Å². The van der Waals surface area contributed by atoms with Crippen molar-refractivity contribution in [2.45, 2.75) is 0 Å². The number of aromatic nitrogens is 4. The summed E-state index contributed by atoms with van der Waals surface area (Å²) in [5.41, 5.74) is 4.58. The highest BCUT2D eigenvalue weighted by molar-refractivity contribution is 7.71. The number of H-pyrrole nitrogens is 2. The summed E-state index contributed by atoms with van der Waals surface area (Å²) < 4.78 is 5.47. The molecule has 3 aromatic heterocycles. The average molecular weight is 344 g/mol. The lowest BCUT2D eigenvalue weighted by Gasteiger charge is -2.05. The lowest BCUT2D eigenvalue weighted by atomic mass is 10.1. The van der Waals surface area contributed by atoms with E-state index in [1.807, 2.05) is 48.5 Å². The number of aromatic amines is 2. The second-order valence-electron chi connectivity index (χ2n) is 5.73. The molecule has 0 bridgehead atoms. The maximum atomic E-state index is 5.47. The van der Waals surface area contributed by atoms with Crippen LogP contribution >= 0.6 is 12.2 Å². The number of hydrogen-bond acceptors (Lipinski definition) is 4. The minimum Gasteiger partial charge on any atom is -0.408 e. The molecule has 6 heteroatoms. The van der Waals surface area contributed by atoms with Crippen molar-refractivity contribution in [3.05, 3.63) is 65.5 Å². The molecule has 0 spiro atoms. The predicted molar refractivity (Wildman–Crippen MR) is 99.7 cm³/mol. The summed E-state index contributed by atoms with van der Waals surface area (Å²) in [6, 6.07) is 20.2. The number of para-hydroxylation sites is 1. The van der Waals surface area contributed by atoms with Gasteiger partial charge in [0.1, 0.15) is 5.69 Å². The Balaban J connectivity index is 1.91. The van der Waals surface area contributed by atoms with Gasteiger partial charge in [-0.3, -0.25) is 0 Å². The van der Waals surface area contributed by atoms with Gasteiger partial charge in [0.2, 0.25) is 0 Å². The Hall–Kier alpha value is -3.25. The highest BCUT2D eigenvalue weighted by Crippen LogP contribution is 2.34. The van der Waals surface area contributed by atoms with Gasteiger partial charge in [-0.05, 0) is 24.4 Å². The van der Waals surface area contributed by atoms with Gasteiger partial charge in [0.25, 0.3) is 10.7 Å². The molecule has 0 aliphatic heterocycles. The third-order valence-electron chi connectivity index (χ3n) is 4.20. The van der Waals surface area contributed by atoms with Gasteiger partial charge in [-0.15, -0.1) is 5.10 Å². The Kier molecular flexibility index (Phi) is 3.05. The van der Waals surface area contributed by atoms with Crippen LogP contribution < -0.4 is 0 Å². The highest BCUT2D eigenvalue weighted by atomic mass is 32.1. The van der Waals surface area contributed by atoms with Crippen molar-refractivity contribution >= 4 is 34.0 Å². The molecule has 0 unspecified atom stereocenters. The van der Waals surface area contributed by atoms with Crippen molar-refractivity contribution in [2.75, 3.05) is 0 Å². The second kappa shape index (κ2) is 5.39. The third kappa shape index (κ3) is 2.27. The molecule has 0 radical (unpaired) electrons. The molecule has 2 N–H and O–H groups in total. The fourth-order valence-electron chi connectivity index (χ4n) is 3.10. The standard InChI is InChI=1S/C19H12N4OS/c25-19-23-22-18(24-19)15-10-13-12-8-4-5-9-14(12)20-17(13)16(21-15)11-6-2-1-3-7-11/h1-10,20H,(H,23,25). The van der Waals surface area contributed by atoms with E-state index in [2.05, 4.69) is 27.3 Å². The quantitative estimate of drug-likeness (QED) is 0.437. The summed E-state index contributed by atoms with van der Waals surface area (Å²) in [5, 5.41) is 8.98. The van der Waals surface area contributed by atoms with Gasteiger partial charge in [0.05, 0.1) is 11.2 Å². The molecule has 0 amide bonds. The van der Waals surface area contributed by atoms with Crippen LogP contribution in [-0.4, -0.2) is 20.2 Å². The Morgan fingerprint density at radius 2 is 1.72 bits per heavy atom. The summed E-state index contributed by atoms with van der Waals surface area (Å²) in [6.07, 6.45) is 0. The fourth-order valence-corrected chi connectivity index (χ4v) is 3.22. The molecule has 0 saturated heterocycles. The van der Waals surface area contributed by atoms with Crippen LogP contribution in [0.15, 0.2) is 65.1 Å². The number of nitrogens with zero attached hydrogens (tertiary/aromatic N) is 2. The number of pyridine rings is 1. The van der Waals surface area contributed by atoms with Crippen molar-refractivity contribution in [2.24, 2.45) is 0 Å². The minimum atomic E-state index is 0.233. The van der Waals surface area contributed by atoms with Gasteiger partial charge in [-0.25, -0.2) is 10.1 Å². The second-order valence-corrected chi connectivity index (χ2v) is 6.10. The molecular formula is C19H12N4OS. The van der Waals surface area contributed by atoms with E-state index in [1.165, 1.54) is 0 Å². The number of nitrogens with one attached hydrogen (secondary N) is 2. The molecule has 0 aliphatic rings. The SMILES string of the molecule is S=c1[nH]nc(-c2cc3c([nH]c4ccccc43)c(-c3ccccc3)n2)o1. The maximum absolute atomic E-state index is 5.47. The molecule has 5 rings (SSSR count). The van der Waals surface area contributed by atoms with Crippen molar-refractivity contribution in [1.29, 1.82) is 0 Å². The Bertz CT molecular complexity index is 1270. The van der Waals surface area contributed by atoms with Crippen molar-refractivity contribution < 1.29 is 4.42 Å². The summed E-state index contributed by atoms with van der Waals surface area (Å²) in [5.74, 6) is 0.384. The normalized spacial score (nSPS) is 11.4. The van der Waals surface area contributed by atoms with E-state index in [1.54, 1.807) is 0 Å². The Morgan fingerprint density at radius 1 is 0.920 bits per heavy atom. The first-order chi connectivity index (χ1) is 12.3. The van der Waals surface area contributed by atoms with Crippen LogP contribution in [0.1, 0.15) is 0 Å². The van der Waals surface area contributed by atoms with Crippen LogP contribution in [0.3, 0.4) is 0 Å². The molecule has 0 saturated carbocycles. The van der Waals surface area contributed by atoms with Gasteiger partial charge < -0.3 is 9.40 Å². The van der Waals surface area contributed by atoms with Crippen LogP contribution in [0.5, 0.6) is 0 Å². The van der Waals surface area contributed by atoms with Gasteiger partial charge in [0, 0.05) is 21.9 Å². The van der Waals surface area contributed by atoms with Crippen LogP contribution in [0.25, 0.3) is 44.6 Å². The molecule has 5 nitrogen and oxygen atoms in total. The minimum absolute atomic E-state index is 0.233. The molecule has 0 aliphatic carbocycles. The smallest absolute Gasteiger partial charge is 0.284 e. The van der Waals surface area contributed by atoms with E-state index in [0.717, 1.165) is 33.1 Å². The van der Waals surface area contributed by atoms with Crippen molar-refractivity contribution in [3.8, 4) is 22.8 Å². The van der Waals surface area contributed by atoms with E-state index in [4.69, 9.17) is 21.6 Å². The summed E-state index contributed by atoms with van der Waals surface area (Å²) >= 11 is 5.00. The van der Waals surface area contributed by atoms with Gasteiger partial charge in [-0.1, -0.05) is 48.5 Å². The largest absolute Gasteiger partial charge is 0.408 e. The monoisotopic (exact) mass is 344 g/mol. The first-order valence-corrected chi connectivity index (χ1v) is 8.23. The Labute approximate surface area is 147 Å². The lowest BCUT2D eigenvalue weighted by molar-refractivity contribution is 0.550. The Morgan fingerprint density at radius 3 is 2.52 bits per heavy atom. The van der Waals surface area contributed by atoms with Gasteiger partial charge in [-0.2, -0.15) is 0 Å². The van der Waals surface area contributed by atoms with Crippen LogP contribution in [0.2, 0.25) is 0 Å². The summed E-state index contributed by atoms with van der Waals surface area (Å²) in [6.45, 7) is 0. The molecule has 2 aromatic carbocycles. The van der Waals surface area contributed by atoms with Crippen molar-refractivity contribution in [1.82, 2.24) is 20.2 Å². The third-order valence-corrected chi connectivity index (χ3v) is 4.38. The first-order valence-electron chi connectivity index (χ1n) is 7.82. The molecule has 120 valence electrons. The average Bonchev–Trinajstić information content (AvgIpc) is 3.25. The van der Waals surface area contributed by atoms with E-state index in [-0.39, 0.29) is 4.84 Å². The number of rotatable bonds is 2. The maximum Gasteiger partial charge on any atom is 0.284 e. The summed E-state index contributed by atoms with van der Waals surface area (Å²) in [7, 11) is 0. The van der Waals surface area contributed by atoms with Crippen LogP contribution in [0.4, 0.5) is 0 Å². The highest BCUT2D eigenvalue weighted by Gasteiger charge is 2.16. The van der Waals surface area contributed by atoms with E-state index < -0.39 is 0 Å². The first kappa shape index (κ1) is 14.1. The fraction of sp³-hybridized carbons (Fsp3) is 0. The zero-order chi connectivity index (χ0) is 16.8. The zero-order valence-corrected chi connectivity index (χ0v) is 13.8. The zero-order valence-electron chi connectivity index (χ0n) is 13.0. The molecule has 0 fully saturated rings. The van der Waals surface area contributed by atoms with E-state index >= 15 is 0 Å². The summed E-state index contributed by atoms with van der Waals surface area (Å²) in [4.78, 5) is 8.52. The van der Waals surface area contributed by atoms with Crippen molar-refractivity contribution in [3.63, 3.8) is 0 Å². The van der Waals surface area contributed by atoms with Crippen LogP contribution in [0, 0.1) is 4.84 Å². The number of fused-ring (bicyclic) bond motifs is 3. The van der Waals surface area contributed by atoms with Crippen LogP contribution in [-0.2, 0) is 0 Å². The lowest BCUT2D eigenvalue weighted by Crippen LogP contribution is -1.90. The number of benzene rings is 2. The molecule has 0 atom stereocenters.